The van der Waals surface area contributed by atoms with Crippen molar-refractivity contribution in [3.63, 3.8) is 0 Å². The van der Waals surface area contributed by atoms with E-state index in [9.17, 15) is 4.79 Å². The molecule has 0 saturated carbocycles. The van der Waals surface area contributed by atoms with E-state index in [1.807, 2.05) is 44.7 Å². The van der Waals surface area contributed by atoms with E-state index >= 15 is 0 Å². The summed E-state index contributed by atoms with van der Waals surface area (Å²) in [6, 6.07) is 14.5. The van der Waals surface area contributed by atoms with Crippen LogP contribution in [0.2, 0.25) is 0 Å². The fourth-order valence-corrected chi connectivity index (χ4v) is 3.74. The first-order valence-electron chi connectivity index (χ1n) is 9.14. The monoisotopic (exact) mass is 371 g/mol. The topological polar surface area (TPSA) is 38.3 Å². The fourth-order valence-electron chi connectivity index (χ4n) is 2.80. The van der Waals surface area contributed by atoms with Gasteiger partial charge < -0.3 is 10.1 Å². The van der Waals surface area contributed by atoms with E-state index < -0.39 is 6.10 Å². The number of nitrogens with one attached hydrogen (secondary N) is 1. The molecule has 0 aromatic heterocycles. The maximum Gasteiger partial charge on any atom is 0.261 e. The van der Waals surface area contributed by atoms with Gasteiger partial charge in [0.2, 0.25) is 0 Å². The number of thioether (sulfide) groups is 1. The summed E-state index contributed by atoms with van der Waals surface area (Å²) in [6.45, 7) is 8.83. The molecule has 0 heterocycles. The molecule has 1 atom stereocenters. The van der Waals surface area contributed by atoms with E-state index in [4.69, 9.17) is 4.74 Å². The Morgan fingerprint density at radius 2 is 1.81 bits per heavy atom. The molecule has 2 aromatic carbocycles. The average molecular weight is 372 g/mol. The zero-order valence-electron chi connectivity index (χ0n) is 16.2. The van der Waals surface area contributed by atoms with E-state index in [0.29, 0.717) is 13.0 Å². The van der Waals surface area contributed by atoms with Crippen molar-refractivity contribution in [3.8, 4) is 5.75 Å². The summed E-state index contributed by atoms with van der Waals surface area (Å²) in [5.74, 6) is 2.58. The lowest BCUT2D eigenvalue weighted by Gasteiger charge is -2.18. The largest absolute Gasteiger partial charge is 0.481 e. The second-order valence-electron chi connectivity index (χ2n) is 6.61. The Labute approximate surface area is 161 Å². The van der Waals surface area contributed by atoms with Crippen molar-refractivity contribution in [2.75, 3.05) is 12.3 Å². The molecule has 2 rings (SSSR count). The van der Waals surface area contributed by atoms with Gasteiger partial charge in [-0.25, -0.2) is 0 Å². The Kier molecular flexibility index (Phi) is 8.05. The summed E-state index contributed by atoms with van der Waals surface area (Å²) in [6.07, 6.45) is 0.201. The number of carbonyl (C=O) groups is 1. The lowest BCUT2D eigenvalue weighted by molar-refractivity contribution is -0.127. The Balaban J connectivity index is 1.75. The van der Waals surface area contributed by atoms with Crippen LogP contribution in [0.4, 0.5) is 0 Å². The molecular weight excluding hydrogens is 342 g/mol. The predicted molar refractivity (Wildman–Crippen MR) is 111 cm³/mol. The molecule has 0 aliphatic carbocycles. The van der Waals surface area contributed by atoms with Crippen LogP contribution in [0.25, 0.3) is 0 Å². The Bertz CT molecular complexity index is 710. The maximum atomic E-state index is 12.4. The van der Waals surface area contributed by atoms with Crippen LogP contribution in [-0.2, 0) is 10.5 Å². The second kappa shape index (κ2) is 10.3. The van der Waals surface area contributed by atoms with Gasteiger partial charge in [0.15, 0.2) is 6.10 Å². The molecule has 1 unspecified atom stereocenters. The van der Waals surface area contributed by atoms with Gasteiger partial charge in [0.25, 0.3) is 5.91 Å². The van der Waals surface area contributed by atoms with Crippen LogP contribution >= 0.6 is 11.8 Å². The minimum Gasteiger partial charge on any atom is -0.481 e. The molecule has 0 bridgehead atoms. The van der Waals surface area contributed by atoms with Gasteiger partial charge in [-0.1, -0.05) is 37.3 Å². The van der Waals surface area contributed by atoms with Crippen molar-refractivity contribution in [2.45, 2.75) is 46.0 Å². The predicted octanol–water partition coefficient (Wildman–Crippen LogP) is 4.82. The molecule has 0 radical (unpaired) electrons. The van der Waals surface area contributed by atoms with Crippen molar-refractivity contribution in [1.82, 2.24) is 5.32 Å². The fraction of sp³-hybridized carbons (Fsp3) is 0.409. The molecule has 2 aromatic rings. The normalized spacial score (nSPS) is 11.8. The van der Waals surface area contributed by atoms with Crippen LogP contribution in [0.5, 0.6) is 5.75 Å². The van der Waals surface area contributed by atoms with Gasteiger partial charge in [0.05, 0.1) is 0 Å². The number of rotatable bonds is 9. The third-order valence-corrected chi connectivity index (χ3v) is 5.21. The quantitative estimate of drug-likeness (QED) is 0.642. The van der Waals surface area contributed by atoms with Gasteiger partial charge in [0, 0.05) is 18.1 Å². The molecule has 3 nitrogen and oxygen atoms in total. The van der Waals surface area contributed by atoms with Crippen molar-refractivity contribution >= 4 is 17.7 Å². The van der Waals surface area contributed by atoms with Gasteiger partial charge in [-0.3, -0.25) is 4.79 Å². The lowest BCUT2D eigenvalue weighted by Crippen LogP contribution is -2.39. The Morgan fingerprint density at radius 3 is 2.46 bits per heavy atom. The molecular formula is C22H29NO2S. The first kappa shape index (κ1) is 20.4. The average Bonchev–Trinajstić information content (AvgIpc) is 2.60. The third-order valence-electron chi connectivity index (χ3n) is 4.20. The van der Waals surface area contributed by atoms with Gasteiger partial charge in [-0.15, -0.1) is 0 Å². The van der Waals surface area contributed by atoms with E-state index in [0.717, 1.165) is 28.4 Å². The van der Waals surface area contributed by atoms with E-state index in [1.165, 1.54) is 11.1 Å². The van der Waals surface area contributed by atoms with Gasteiger partial charge in [-0.05, 0) is 61.6 Å². The number of ether oxygens (including phenoxy) is 1. The number of hydrogen-bond donors (Lipinski definition) is 1. The summed E-state index contributed by atoms with van der Waals surface area (Å²) in [4.78, 5) is 12.4. The van der Waals surface area contributed by atoms with Crippen LogP contribution in [0.1, 0.15) is 35.6 Å². The third kappa shape index (κ3) is 6.41. The zero-order valence-corrected chi connectivity index (χ0v) is 17.0. The summed E-state index contributed by atoms with van der Waals surface area (Å²) in [5, 5.41) is 3.00. The van der Waals surface area contributed by atoms with Crippen LogP contribution in [-0.4, -0.2) is 24.3 Å². The van der Waals surface area contributed by atoms with E-state index in [2.05, 4.69) is 42.6 Å². The smallest absolute Gasteiger partial charge is 0.261 e. The molecule has 0 spiro atoms. The van der Waals surface area contributed by atoms with Crippen molar-refractivity contribution in [2.24, 2.45) is 0 Å². The molecule has 0 aliphatic heterocycles. The van der Waals surface area contributed by atoms with Gasteiger partial charge >= 0.3 is 0 Å². The second-order valence-corrected chi connectivity index (χ2v) is 7.71. The molecule has 1 N–H and O–H groups in total. The lowest BCUT2D eigenvalue weighted by atomic mass is 10.1. The number of hydrogen-bond acceptors (Lipinski definition) is 3. The number of amides is 1. The molecule has 0 fully saturated rings. The molecule has 26 heavy (non-hydrogen) atoms. The summed E-state index contributed by atoms with van der Waals surface area (Å²) >= 11 is 1.83. The highest BCUT2D eigenvalue weighted by Gasteiger charge is 2.18. The molecule has 4 heteroatoms. The minimum atomic E-state index is -0.447. The standard InChI is InChI=1S/C22H29NO2S/c1-5-21(25-20-13-16(2)12-17(3)14-20)22(24)23-10-11-26-15-19-9-7-6-8-18(19)4/h6-9,12-14,21H,5,10-11,15H2,1-4H3,(H,23,24). The molecule has 1 amide bonds. The number of aryl methyl sites for hydroxylation is 3. The SMILES string of the molecule is CCC(Oc1cc(C)cc(C)c1)C(=O)NCCSCc1ccccc1C. The Hall–Kier alpha value is -1.94. The number of benzene rings is 2. The van der Waals surface area contributed by atoms with Crippen LogP contribution < -0.4 is 10.1 Å². The number of carbonyl (C=O) groups excluding carboxylic acids is 1. The van der Waals surface area contributed by atoms with Crippen LogP contribution in [0.15, 0.2) is 42.5 Å². The van der Waals surface area contributed by atoms with Crippen LogP contribution in [0, 0.1) is 20.8 Å². The molecule has 0 aliphatic rings. The van der Waals surface area contributed by atoms with Gasteiger partial charge in [0.1, 0.15) is 5.75 Å². The van der Waals surface area contributed by atoms with E-state index in [-0.39, 0.29) is 5.91 Å². The van der Waals surface area contributed by atoms with Crippen LogP contribution in [0.3, 0.4) is 0 Å². The maximum absolute atomic E-state index is 12.4. The first-order chi connectivity index (χ1) is 12.5. The minimum absolute atomic E-state index is 0.0387. The molecule has 140 valence electrons. The van der Waals surface area contributed by atoms with Crippen molar-refractivity contribution in [1.29, 1.82) is 0 Å². The van der Waals surface area contributed by atoms with Crippen molar-refractivity contribution in [3.05, 3.63) is 64.7 Å². The van der Waals surface area contributed by atoms with E-state index in [1.54, 1.807) is 0 Å². The highest BCUT2D eigenvalue weighted by molar-refractivity contribution is 7.98. The first-order valence-corrected chi connectivity index (χ1v) is 10.3. The highest BCUT2D eigenvalue weighted by Crippen LogP contribution is 2.19. The summed E-state index contributed by atoms with van der Waals surface area (Å²) in [5.41, 5.74) is 4.95. The van der Waals surface area contributed by atoms with Gasteiger partial charge in [-0.2, -0.15) is 11.8 Å². The summed E-state index contributed by atoms with van der Waals surface area (Å²) < 4.78 is 5.91. The Morgan fingerprint density at radius 1 is 1.12 bits per heavy atom. The van der Waals surface area contributed by atoms with Crippen molar-refractivity contribution < 1.29 is 9.53 Å². The highest BCUT2D eigenvalue weighted by atomic mass is 32.2. The molecule has 0 saturated heterocycles. The summed E-state index contributed by atoms with van der Waals surface area (Å²) in [7, 11) is 0. The zero-order chi connectivity index (χ0) is 18.9.